The van der Waals surface area contributed by atoms with E-state index in [0.717, 1.165) is 0 Å². The van der Waals surface area contributed by atoms with Crippen LogP contribution in [0.5, 0.6) is 0 Å². The molecule has 1 heterocycles. The van der Waals surface area contributed by atoms with E-state index >= 15 is 0 Å². The molecule has 3 nitrogen and oxygen atoms in total. The molecule has 0 aliphatic heterocycles. The zero-order valence-corrected chi connectivity index (χ0v) is 9.18. The van der Waals surface area contributed by atoms with Gasteiger partial charge in [-0.25, -0.2) is 4.39 Å². The summed E-state index contributed by atoms with van der Waals surface area (Å²) in [5.74, 6) is -0.985. The molecule has 0 unspecified atom stereocenters. The van der Waals surface area contributed by atoms with Crippen molar-refractivity contribution in [1.82, 2.24) is 4.57 Å². The fourth-order valence-electron chi connectivity index (χ4n) is 1.62. The van der Waals surface area contributed by atoms with Crippen LogP contribution in [0.15, 0.2) is 36.5 Å². The number of halogens is 1. The summed E-state index contributed by atoms with van der Waals surface area (Å²) >= 11 is 0. The Kier molecular flexibility index (Phi) is 2.87. The van der Waals surface area contributed by atoms with Crippen LogP contribution in [0.3, 0.4) is 0 Å². The van der Waals surface area contributed by atoms with E-state index in [1.807, 2.05) is 0 Å². The molecular weight excluding hydrogens is 221 g/mol. The highest BCUT2D eigenvalue weighted by Crippen LogP contribution is 2.14. The highest BCUT2D eigenvalue weighted by molar-refractivity contribution is 6.09. The second-order valence-electron chi connectivity index (χ2n) is 3.69. The summed E-state index contributed by atoms with van der Waals surface area (Å²) in [6.45, 7) is 0. The molecule has 0 atom stereocenters. The molecule has 86 valence electrons. The van der Waals surface area contributed by atoms with Gasteiger partial charge in [-0.3, -0.25) is 9.59 Å². The zero-order chi connectivity index (χ0) is 12.4. The maximum absolute atomic E-state index is 13.4. The molecule has 0 aliphatic carbocycles. The van der Waals surface area contributed by atoms with E-state index in [1.54, 1.807) is 13.1 Å². The van der Waals surface area contributed by atoms with Gasteiger partial charge in [0.05, 0.1) is 11.3 Å². The van der Waals surface area contributed by atoms with E-state index in [4.69, 9.17) is 0 Å². The first kappa shape index (κ1) is 11.3. The number of hydrogen-bond donors (Lipinski definition) is 0. The van der Waals surface area contributed by atoms with Crippen LogP contribution in [0.25, 0.3) is 0 Å². The maximum atomic E-state index is 13.4. The van der Waals surface area contributed by atoms with E-state index in [-0.39, 0.29) is 5.56 Å². The molecule has 1 aromatic carbocycles. The molecule has 4 heteroatoms. The minimum atomic E-state index is -0.561. The summed E-state index contributed by atoms with van der Waals surface area (Å²) < 4.78 is 14.9. The average Bonchev–Trinajstić information content (AvgIpc) is 2.70. The lowest BCUT2D eigenvalue weighted by molar-refractivity contribution is 0.103. The Hall–Kier alpha value is -2.23. The molecule has 0 aliphatic rings. The van der Waals surface area contributed by atoms with Crippen molar-refractivity contribution in [3.05, 3.63) is 59.2 Å². The molecule has 2 rings (SSSR count). The number of benzene rings is 1. The van der Waals surface area contributed by atoms with E-state index in [9.17, 15) is 14.0 Å². The number of aromatic nitrogens is 1. The Labute approximate surface area is 97.5 Å². The van der Waals surface area contributed by atoms with Crippen LogP contribution in [0.1, 0.15) is 26.4 Å². The minimum absolute atomic E-state index is 0.00977. The third-order valence-corrected chi connectivity index (χ3v) is 2.54. The molecular formula is C13H10FNO2. The van der Waals surface area contributed by atoms with Crippen LogP contribution < -0.4 is 0 Å². The van der Waals surface area contributed by atoms with Gasteiger partial charge in [0.1, 0.15) is 5.82 Å². The third-order valence-electron chi connectivity index (χ3n) is 2.54. The lowest BCUT2D eigenvalue weighted by atomic mass is 10.1. The van der Waals surface area contributed by atoms with Gasteiger partial charge in [-0.1, -0.05) is 12.1 Å². The number of nitrogens with zero attached hydrogens (tertiary/aromatic N) is 1. The van der Waals surface area contributed by atoms with Crippen molar-refractivity contribution in [2.45, 2.75) is 0 Å². The van der Waals surface area contributed by atoms with Gasteiger partial charge in [-0.05, 0) is 18.2 Å². The van der Waals surface area contributed by atoms with Crippen LogP contribution in [-0.2, 0) is 7.05 Å². The molecule has 0 N–H and O–H groups in total. The predicted octanol–water partition coefficient (Wildman–Crippen LogP) is 2.21. The standard InChI is InChI=1S/C13H10FNO2/c1-15-7-9(6-10(15)8-16)13(17)11-4-2-3-5-12(11)14/h2-8H,1H3. The minimum Gasteiger partial charge on any atom is -0.348 e. The fraction of sp³-hybridized carbons (Fsp3) is 0.0769. The van der Waals surface area contributed by atoms with Crippen molar-refractivity contribution < 1.29 is 14.0 Å². The molecule has 0 bridgehead atoms. The van der Waals surface area contributed by atoms with Crippen molar-refractivity contribution in [3.8, 4) is 0 Å². The smallest absolute Gasteiger partial charge is 0.197 e. The van der Waals surface area contributed by atoms with Crippen LogP contribution >= 0.6 is 0 Å². The Morgan fingerprint density at radius 3 is 2.65 bits per heavy atom. The maximum Gasteiger partial charge on any atom is 0.197 e. The first-order chi connectivity index (χ1) is 8.13. The van der Waals surface area contributed by atoms with Crippen molar-refractivity contribution >= 4 is 12.1 Å². The summed E-state index contributed by atoms with van der Waals surface area (Å²) in [5.41, 5.74) is 0.694. The number of carbonyl (C=O) groups is 2. The van der Waals surface area contributed by atoms with Crippen LogP contribution in [-0.4, -0.2) is 16.6 Å². The van der Waals surface area contributed by atoms with E-state index in [2.05, 4.69) is 0 Å². The third kappa shape index (κ3) is 2.01. The van der Waals surface area contributed by atoms with Gasteiger partial charge in [-0.15, -0.1) is 0 Å². The summed E-state index contributed by atoms with van der Waals surface area (Å²) in [6, 6.07) is 7.22. The van der Waals surface area contributed by atoms with Gasteiger partial charge < -0.3 is 4.57 Å². The van der Waals surface area contributed by atoms with Gasteiger partial charge in [0.2, 0.25) is 0 Å². The lowest BCUT2D eigenvalue weighted by Gasteiger charge is -1.99. The summed E-state index contributed by atoms with van der Waals surface area (Å²) in [4.78, 5) is 22.6. The van der Waals surface area contributed by atoms with Crippen molar-refractivity contribution in [2.24, 2.45) is 7.05 Å². The second-order valence-corrected chi connectivity index (χ2v) is 3.69. The van der Waals surface area contributed by atoms with E-state index in [0.29, 0.717) is 17.5 Å². The first-order valence-electron chi connectivity index (χ1n) is 5.04. The quantitative estimate of drug-likeness (QED) is 0.600. The largest absolute Gasteiger partial charge is 0.348 e. The number of aryl methyl sites for hydroxylation is 1. The highest BCUT2D eigenvalue weighted by atomic mass is 19.1. The second kappa shape index (κ2) is 4.33. The zero-order valence-electron chi connectivity index (χ0n) is 9.18. The highest BCUT2D eigenvalue weighted by Gasteiger charge is 2.15. The summed E-state index contributed by atoms with van der Waals surface area (Å²) in [5, 5.41) is 0. The molecule has 0 saturated heterocycles. The predicted molar refractivity (Wildman–Crippen MR) is 60.6 cm³/mol. The average molecular weight is 231 g/mol. The van der Waals surface area contributed by atoms with Crippen LogP contribution in [0.2, 0.25) is 0 Å². The van der Waals surface area contributed by atoms with Gasteiger partial charge >= 0.3 is 0 Å². The van der Waals surface area contributed by atoms with Crippen LogP contribution in [0, 0.1) is 5.82 Å². The molecule has 0 amide bonds. The molecule has 2 aromatic rings. The Balaban J connectivity index is 2.44. The number of rotatable bonds is 3. The van der Waals surface area contributed by atoms with Gasteiger partial charge in [0, 0.05) is 18.8 Å². The first-order valence-corrected chi connectivity index (χ1v) is 5.04. The number of hydrogen-bond acceptors (Lipinski definition) is 2. The SMILES string of the molecule is Cn1cc(C(=O)c2ccccc2F)cc1C=O. The number of ketones is 1. The monoisotopic (exact) mass is 231 g/mol. The topological polar surface area (TPSA) is 39.1 Å². The Bertz CT molecular complexity index is 587. The Morgan fingerprint density at radius 1 is 1.35 bits per heavy atom. The summed E-state index contributed by atoms with van der Waals surface area (Å²) in [6.07, 6.45) is 2.16. The fourth-order valence-corrected chi connectivity index (χ4v) is 1.62. The van der Waals surface area contributed by atoms with Crippen LogP contribution in [0.4, 0.5) is 4.39 Å². The number of aldehydes is 1. The van der Waals surface area contributed by atoms with Gasteiger partial charge in [-0.2, -0.15) is 0 Å². The van der Waals surface area contributed by atoms with Gasteiger partial charge in [0.15, 0.2) is 12.1 Å². The van der Waals surface area contributed by atoms with Crippen molar-refractivity contribution in [1.29, 1.82) is 0 Å². The number of carbonyl (C=O) groups excluding carboxylic acids is 2. The van der Waals surface area contributed by atoms with Crippen molar-refractivity contribution in [3.63, 3.8) is 0 Å². The molecule has 17 heavy (non-hydrogen) atoms. The normalized spacial score (nSPS) is 10.2. The van der Waals surface area contributed by atoms with Gasteiger partial charge in [0.25, 0.3) is 0 Å². The lowest BCUT2D eigenvalue weighted by Crippen LogP contribution is -2.02. The Morgan fingerprint density at radius 2 is 2.06 bits per heavy atom. The van der Waals surface area contributed by atoms with Crippen molar-refractivity contribution in [2.75, 3.05) is 0 Å². The van der Waals surface area contributed by atoms with E-state index in [1.165, 1.54) is 35.0 Å². The molecule has 0 fully saturated rings. The molecule has 0 radical (unpaired) electrons. The molecule has 0 saturated carbocycles. The molecule has 0 spiro atoms. The van der Waals surface area contributed by atoms with E-state index < -0.39 is 11.6 Å². The summed E-state index contributed by atoms with van der Waals surface area (Å²) in [7, 11) is 1.65. The molecule has 1 aromatic heterocycles.